The van der Waals surface area contributed by atoms with E-state index in [9.17, 15) is 21.6 Å². The Labute approximate surface area is 146 Å². The highest BCUT2D eigenvalue weighted by atomic mass is 32.2. The Morgan fingerprint density at radius 3 is 2.15 bits per heavy atom. The highest BCUT2D eigenvalue weighted by molar-refractivity contribution is 7.90. The van der Waals surface area contributed by atoms with Gasteiger partial charge in [-0.15, -0.1) is 5.10 Å². The van der Waals surface area contributed by atoms with Gasteiger partial charge in [-0.3, -0.25) is 0 Å². The summed E-state index contributed by atoms with van der Waals surface area (Å²) in [6, 6.07) is 12.9. The minimum absolute atomic E-state index is 0.0305. The molecule has 3 aromatic rings. The number of alkyl halides is 3. The van der Waals surface area contributed by atoms with Crippen molar-refractivity contribution in [2.75, 3.05) is 6.26 Å². The number of halogens is 3. The van der Waals surface area contributed by atoms with E-state index in [0.717, 1.165) is 10.9 Å². The van der Waals surface area contributed by atoms with Gasteiger partial charge in [-0.05, 0) is 36.4 Å². The lowest BCUT2D eigenvalue weighted by atomic mass is 10.3. The second-order valence-electron chi connectivity index (χ2n) is 5.31. The van der Waals surface area contributed by atoms with E-state index in [1.54, 1.807) is 30.3 Å². The molecular weight excluding hydrogens is 371 g/mol. The van der Waals surface area contributed by atoms with Gasteiger partial charge in [-0.1, -0.05) is 18.2 Å². The first kappa shape index (κ1) is 17.9. The van der Waals surface area contributed by atoms with Crippen molar-refractivity contribution in [2.24, 2.45) is 0 Å². The van der Waals surface area contributed by atoms with Crippen LogP contribution in [0, 0.1) is 0 Å². The molecule has 1 heterocycles. The van der Waals surface area contributed by atoms with Crippen molar-refractivity contribution in [3.63, 3.8) is 0 Å². The second kappa shape index (κ2) is 6.45. The van der Waals surface area contributed by atoms with Gasteiger partial charge < -0.3 is 4.74 Å². The largest absolute Gasteiger partial charge is 0.453 e. The Bertz CT molecular complexity index is 1010. The van der Waals surface area contributed by atoms with Gasteiger partial charge in [0.25, 0.3) is 5.82 Å². The average Bonchev–Trinajstić information content (AvgIpc) is 2.99. The summed E-state index contributed by atoms with van der Waals surface area (Å²) in [6.45, 7) is 0. The van der Waals surface area contributed by atoms with Crippen LogP contribution in [0.2, 0.25) is 0 Å². The van der Waals surface area contributed by atoms with Gasteiger partial charge in [-0.25, -0.2) is 8.42 Å². The number of ether oxygens (including phenoxy) is 1. The first-order valence-corrected chi connectivity index (χ1v) is 9.11. The molecule has 0 saturated heterocycles. The third-order valence-electron chi connectivity index (χ3n) is 3.29. The summed E-state index contributed by atoms with van der Waals surface area (Å²) < 4.78 is 68.3. The Balaban J connectivity index is 2.06. The molecule has 10 heteroatoms. The molecular formula is C16H12F3N3O3S. The highest BCUT2D eigenvalue weighted by Crippen LogP contribution is 2.31. The lowest BCUT2D eigenvalue weighted by Gasteiger charge is -2.07. The summed E-state index contributed by atoms with van der Waals surface area (Å²) in [5.74, 6) is -1.08. The van der Waals surface area contributed by atoms with Crippen LogP contribution in [0.4, 0.5) is 13.2 Å². The number of sulfone groups is 1. The van der Waals surface area contributed by atoms with E-state index in [4.69, 9.17) is 4.74 Å². The van der Waals surface area contributed by atoms with Gasteiger partial charge >= 0.3 is 12.2 Å². The van der Waals surface area contributed by atoms with Gasteiger partial charge in [0.1, 0.15) is 5.75 Å². The molecule has 6 nitrogen and oxygen atoms in total. The van der Waals surface area contributed by atoms with Crippen LogP contribution in [-0.4, -0.2) is 29.4 Å². The summed E-state index contributed by atoms with van der Waals surface area (Å²) in [5, 5.41) is 3.45. The molecule has 0 spiro atoms. The summed E-state index contributed by atoms with van der Waals surface area (Å²) in [5.41, 5.74) is 0.173. The van der Waals surface area contributed by atoms with Crippen molar-refractivity contribution in [3.8, 4) is 17.4 Å². The summed E-state index contributed by atoms with van der Waals surface area (Å²) >= 11 is 0. The third-order valence-corrected chi connectivity index (χ3v) is 4.42. The van der Waals surface area contributed by atoms with E-state index in [1.807, 2.05) is 0 Å². The van der Waals surface area contributed by atoms with E-state index in [-0.39, 0.29) is 16.3 Å². The van der Waals surface area contributed by atoms with Crippen LogP contribution >= 0.6 is 0 Å². The van der Waals surface area contributed by atoms with E-state index in [0.29, 0.717) is 0 Å². The molecule has 136 valence electrons. The molecule has 0 amide bonds. The molecule has 0 bridgehead atoms. The molecule has 2 aromatic carbocycles. The molecule has 1 aromatic heterocycles. The first-order valence-electron chi connectivity index (χ1n) is 7.22. The minimum atomic E-state index is -4.76. The quantitative estimate of drug-likeness (QED) is 0.690. The Morgan fingerprint density at radius 1 is 1.00 bits per heavy atom. The first-order chi connectivity index (χ1) is 12.1. The number of nitrogens with zero attached hydrogens (tertiary/aromatic N) is 3. The number of rotatable bonds is 4. The smallest absolute Gasteiger partial charge is 0.424 e. The molecule has 0 radical (unpaired) electrons. The van der Waals surface area contributed by atoms with Gasteiger partial charge in [-0.2, -0.15) is 22.8 Å². The normalized spacial score (nSPS) is 12.2. The van der Waals surface area contributed by atoms with Crippen LogP contribution in [-0.2, 0) is 16.0 Å². The van der Waals surface area contributed by atoms with Gasteiger partial charge in [0.15, 0.2) is 9.84 Å². The Morgan fingerprint density at radius 2 is 1.62 bits per heavy atom. The summed E-state index contributed by atoms with van der Waals surface area (Å²) in [4.78, 5) is 3.44. The van der Waals surface area contributed by atoms with E-state index in [1.165, 1.54) is 24.3 Å². The topological polar surface area (TPSA) is 74.1 Å². The maximum absolute atomic E-state index is 13.0. The van der Waals surface area contributed by atoms with Crippen LogP contribution in [0.1, 0.15) is 5.82 Å². The molecule has 0 saturated carbocycles. The maximum atomic E-state index is 13.0. The van der Waals surface area contributed by atoms with Gasteiger partial charge in [0.05, 0.1) is 10.6 Å². The van der Waals surface area contributed by atoms with Crippen LogP contribution in [0.3, 0.4) is 0 Å². The zero-order chi connectivity index (χ0) is 18.9. The summed E-state index contributed by atoms with van der Waals surface area (Å²) in [6.07, 6.45) is -3.73. The molecule has 0 aliphatic rings. The molecule has 0 aliphatic heterocycles. The SMILES string of the molecule is CS(=O)(=O)c1ccc(-n2nc(C(F)(F)F)nc2Oc2ccccc2)cc1. The number of aromatic nitrogens is 3. The van der Waals surface area contributed by atoms with Crippen molar-refractivity contribution >= 4 is 9.84 Å². The fourth-order valence-electron chi connectivity index (χ4n) is 2.08. The third kappa shape index (κ3) is 3.85. The molecule has 0 fully saturated rings. The second-order valence-corrected chi connectivity index (χ2v) is 7.32. The Kier molecular flexibility index (Phi) is 4.45. The zero-order valence-electron chi connectivity index (χ0n) is 13.3. The van der Waals surface area contributed by atoms with Crippen LogP contribution in [0.15, 0.2) is 59.5 Å². The van der Waals surface area contributed by atoms with E-state index < -0.39 is 27.8 Å². The lowest BCUT2D eigenvalue weighted by molar-refractivity contribution is -0.144. The number of hydrogen-bond donors (Lipinski definition) is 0. The minimum Gasteiger partial charge on any atom is -0.424 e. The van der Waals surface area contributed by atoms with Crippen molar-refractivity contribution in [3.05, 3.63) is 60.4 Å². The van der Waals surface area contributed by atoms with Gasteiger partial charge in [0, 0.05) is 6.26 Å². The van der Waals surface area contributed by atoms with E-state index in [2.05, 4.69) is 10.1 Å². The van der Waals surface area contributed by atoms with Crippen molar-refractivity contribution in [1.82, 2.24) is 14.8 Å². The zero-order valence-corrected chi connectivity index (χ0v) is 14.1. The van der Waals surface area contributed by atoms with Crippen LogP contribution in [0.25, 0.3) is 5.69 Å². The lowest BCUT2D eigenvalue weighted by Crippen LogP contribution is -2.08. The highest BCUT2D eigenvalue weighted by Gasteiger charge is 2.38. The van der Waals surface area contributed by atoms with Crippen molar-refractivity contribution in [2.45, 2.75) is 11.1 Å². The fraction of sp³-hybridized carbons (Fsp3) is 0.125. The average molecular weight is 383 g/mol. The Hall–Kier alpha value is -2.88. The summed E-state index contributed by atoms with van der Waals surface area (Å²) in [7, 11) is -3.44. The van der Waals surface area contributed by atoms with Gasteiger partial charge in [0.2, 0.25) is 0 Å². The molecule has 0 aliphatic carbocycles. The predicted octanol–water partition coefficient (Wildman–Crippen LogP) is 3.48. The standard InChI is InChI=1S/C16H12F3N3O3S/c1-26(23,24)13-9-7-11(8-10-13)22-15(20-14(21-22)16(17,18)19)25-12-5-3-2-4-6-12/h2-10H,1H3. The van der Waals surface area contributed by atoms with Crippen LogP contribution < -0.4 is 4.74 Å². The molecule has 0 atom stereocenters. The van der Waals surface area contributed by atoms with E-state index >= 15 is 0 Å². The molecule has 3 rings (SSSR count). The predicted molar refractivity (Wildman–Crippen MR) is 86.0 cm³/mol. The molecule has 0 unspecified atom stereocenters. The number of para-hydroxylation sites is 1. The number of benzene rings is 2. The molecule has 26 heavy (non-hydrogen) atoms. The fourth-order valence-corrected chi connectivity index (χ4v) is 2.71. The monoisotopic (exact) mass is 383 g/mol. The van der Waals surface area contributed by atoms with Crippen molar-refractivity contribution < 1.29 is 26.3 Å². The number of hydrogen-bond acceptors (Lipinski definition) is 5. The van der Waals surface area contributed by atoms with Crippen molar-refractivity contribution in [1.29, 1.82) is 0 Å². The van der Waals surface area contributed by atoms with Crippen LogP contribution in [0.5, 0.6) is 11.8 Å². The maximum Gasteiger partial charge on any atom is 0.453 e. The molecule has 0 N–H and O–H groups in total.